The zero-order valence-electron chi connectivity index (χ0n) is 17.0. The van der Waals surface area contributed by atoms with E-state index in [1.807, 2.05) is 66.9 Å². The van der Waals surface area contributed by atoms with Gasteiger partial charge in [0.05, 0.1) is 5.60 Å². The second kappa shape index (κ2) is 6.85. The van der Waals surface area contributed by atoms with Crippen molar-refractivity contribution in [3.63, 3.8) is 0 Å². The second-order valence-corrected chi connectivity index (χ2v) is 8.35. The molecule has 0 unspecified atom stereocenters. The largest absolute Gasteiger partial charge is 0.457 e. The van der Waals surface area contributed by atoms with Crippen molar-refractivity contribution in [3.05, 3.63) is 72.3 Å². The number of nitrogen functional groups attached to an aromatic ring is 1. The fourth-order valence-corrected chi connectivity index (χ4v) is 4.29. The summed E-state index contributed by atoms with van der Waals surface area (Å²) in [5, 5.41) is 10.2. The van der Waals surface area contributed by atoms with E-state index in [1.54, 1.807) is 6.20 Å². The lowest BCUT2D eigenvalue weighted by Gasteiger charge is -2.40. The lowest BCUT2D eigenvalue weighted by Crippen LogP contribution is -2.40. The van der Waals surface area contributed by atoms with Crippen molar-refractivity contribution in [2.45, 2.75) is 38.2 Å². The number of rotatable bonds is 4. The van der Waals surface area contributed by atoms with Crippen LogP contribution in [-0.2, 0) is 0 Å². The highest BCUT2D eigenvalue weighted by molar-refractivity contribution is 5.85. The van der Waals surface area contributed by atoms with Crippen LogP contribution in [0.3, 0.4) is 0 Å². The van der Waals surface area contributed by atoms with Gasteiger partial charge in [-0.25, -0.2) is 9.97 Å². The maximum absolute atomic E-state index is 10.2. The maximum atomic E-state index is 10.2. The highest BCUT2D eigenvalue weighted by Gasteiger charge is 2.41. The normalized spacial score (nSPS) is 20.8. The number of hydrogen-bond acceptors (Lipinski definition) is 5. The van der Waals surface area contributed by atoms with Crippen LogP contribution in [0, 0.1) is 6.92 Å². The minimum Gasteiger partial charge on any atom is -0.457 e. The molecule has 0 bridgehead atoms. The Morgan fingerprint density at radius 2 is 1.93 bits per heavy atom. The summed E-state index contributed by atoms with van der Waals surface area (Å²) in [4.78, 5) is 9.23. The van der Waals surface area contributed by atoms with Gasteiger partial charge >= 0.3 is 0 Å². The Hall–Kier alpha value is -3.38. The van der Waals surface area contributed by atoms with E-state index in [4.69, 9.17) is 15.5 Å². The molecule has 4 aromatic rings. The number of imidazole rings is 1. The van der Waals surface area contributed by atoms with E-state index in [0.717, 1.165) is 39.7 Å². The first kappa shape index (κ1) is 18.6. The third-order valence-electron chi connectivity index (χ3n) is 5.77. The van der Waals surface area contributed by atoms with Gasteiger partial charge in [-0.1, -0.05) is 18.2 Å². The molecule has 0 radical (unpaired) electrons. The summed E-state index contributed by atoms with van der Waals surface area (Å²) < 4.78 is 8.03. The van der Waals surface area contributed by atoms with Crippen LogP contribution in [0.2, 0.25) is 0 Å². The first-order chi connectivity index (χ1) is 14.4. The van der Waals surface area contributed by atoms with Crippen LogP contribution < -0.4 is 10.5 Å². The molecule has 6 nitrogen and oxygen atoms in total. The molecule has 1 aliphatic rings. The van der Waals surface area contributed by atoms with Gasteiger partial charge in [0.1, 0.15) is 34.4 Å². The number of para-hydroxylation sites is 1. The van der Waals surface area contributed by atoms with Crippen LogP contribution in [-0.4, -0.2) is 25.1 Å². The van der Waals surface area contributed by atoms with Gasteiger partial charge < -0.3 is 15.6 Å². The second-order valence-electron chi connectivity index (χ2n) is 8.35. The Bertz CT molecular complexity index is 1220. The lowest BCUT2D eigenvalue weighted by atomic mass is 9.72. The Kier molecular flexibility index (Phi) is 4.25. The number of fused-ring (bicyclic) bond motifs is 1. The molecule has 1 fully saturated rings. The van der Waals surface area contributed by atoms with Crippen LogP contribution in [0.15, 0.2) is 60.9 Å². The number of aliphatic hydroxyl groups is 1. The molecule has 152 valence electrons. The molecule has 0 atom stereocenters. The van der Waals surface area contributed by atoms with Crippen LogP contribution in [0.1, 0.15) is 37.1 Å². The summed E-state index contributed by atoms with van der Waals surface area (Å²) in [5.74, 6) is 3.16. The molecule has 1 saturated carbocycles. The Morgan fingerprint density at radius 3 is 2.63 bits per heavy atom. The van der Waals surface area contributed by atoms with Crippen molar-refractivity contribution in [3.8, 4) is 22.8 Å². The average Bonchev–Trinajstić information content (AvgIpc) is 3.09. The third-order valence-corrected chi connectivity index (χ3v) is 5.77. The predicted molar refractivity (Wildman–Crippen MR) is 117 cm³/mol. The predicted octanol–water partition coefficient (Wildman–Crippen LogP) is 4.71. The standard InChI is InChI=1S/C24H24N4O2/c1-15-12-16(8-9-19(15)30-18-6-4-3-5-7-18)20-21-22(25)26-10-11-28(21)23(27-20)17-13-24(2,29)14-17/h3-12,17,29H,13-14H2,1-2H3,(H2,25,26). The fraction of sp³-hybridized carbons (Fsp3) is 0.250. The fourth-order valence-electron chi connectivity index (χ4n) is 4.29. The van der Waals surface area contributed by atoms with Crippen LogP contribution in [0.5, 0.6) is 11.5 Å². The van der Waals surface area contributed by atoms with Crippen molar-refractivity contribution in [1.29, 1.82) is 0 Å². The molecule has 3 N–H and O–H groups in total. The van der Waals surface area contributed by atoms with Gasteiger partial charge in [-0.2, -0.15) is 0 Å². The van der Waals surface area contributed by atoms with Gasteiger partial charge in [0.25, 0.3) is 0 Å². The number of aryl methyl sites for hydroxylation is 1. The van der Waals surface area contributed by atoms with E-state index in [1.165, 1.54) is 0 Å². The quantitative estimate of drug-likeness (QED) is 0.518. The van der Waals surface area contributed by atoms with Crippen molar-refractivity contribution < 1.29 is 9.84 Å². The van der Waals surface area contributed by atoms with E-state index in [0.29, 0.717) is 18.7 Å². The third kappa shape index (κ3) is 3.19. The summed E-state index contributed by atoms with van der Waals surface area (Å²) in [6, 6.07) is 15.8. The lowest BCUT2D eigenvalue weighted by molar-refractivity contribution is -0.0335. The smallest absolute Gasteiger partial charge is 0.150 e. The molecule has 1 aliphatic carbocycles. The number of benzene rings is 2. The number of aromatic nitrogens is 3. The number of nitrogens with zero attached hydrogens (tertiary/aromatic N) is 3. The minimum absolute atomic E-state index is 0.199. The average molecular weight is 400 g/mol. The summed E-state index contributed by atoms with van der Waals surface area (Å²) in [5.41, 5.74) is 9.19. The summed E-state index contributed by atoms with van der Waals surface area (Å²) in [6.07, 6.45) is 4.97. The minimum atomic E-state index is -0.623. The SMILES string of the molecule is Cc1cc(-c2nc(C3CC(C)(O)C3)n3ccnc(N)c23)ccc1Oc1ccccc1. The molecule has 6 heteroatoms. The van der Waals surface area contributed by atoms with E-state index in [2.05, 4.69) is 11.1 Å². The van der Waals surface area contributed by atoms with E-state index < -0.39 is 5.60 Å². The number of hydrogen-bond donors (Lipinski definition) is 2. The zero-order chi connectivity index (χ0) is 20.9. The number of nitrogens with two attached hydrogens (primary N) is 1. The first-order valence-electron chi connectivity index (χ1n) is 10.1. The van der Waals surface area contributed by atoms with Crippen LogP contribution in [0.4, 0.5) is 5.82 Å². The summed E-state index contributed by atoms with van der Waals surface area (Å²) in [7, 11) is 0. The van der Waals surface area contributed by atoms with Crippen molar-refractivity contribution >= 4 is 11.3 Å². The molecule has 0 saturated heterocycles. The molecular formula is C24H24N4O2. The maximum Gasteiger partial charge on any atom is 0.150 e. The van der Waals surface area contributed by atoms with Gasteiger partial charge in [-0.3, -0.25) is 4.40 Å². The molecule has 5 rings (SSSR count). The Balaban J connectivity index is 1.55. The zero-order valence-corrected chi connectivity index (χ0v) is 17.0. The molecule has 0 amide bonds. The van der Waals surface area contributed by atoms with Gasteiger partial charge in [-0.15, -0.1) is 0 Å². The molecule has 0 spiro atoms. The highest BCUT2D eigenvalue weighted by Crippen LogP contribution is 2.45. The Morgan fingerprint density at radius 1 is 1.17 bits per heavy atom. The molecule has 2 heterocycles. The highest BCUT2D eigenvalue weighted by atomic mass is 16.5. The first-order valence-corrected chi connectivity index (χ1v) is 10.1. The van der Waals surface area contributed by atoms with E-state index >= 15 is 0 Å². The van der Waals surface area contributed by atoms with Gasteiger partial charge in [0.15, 0.2) is 0 Å². The van der Waals surface area contributed by atoms with Crippen molar-refractivity contribution in [2.75, 3.05) is 5.73 Å². The van der Waals surface area contributed by atoms with Crippen molar-refractivity contribution in [1.82, 2.24) is 14.4 Å². The van der Waals surface area contributed by atoms with Gasteiger partial charge in [0.2, 0.25) is 0 Å². The topological polar surface area (TPSA) is 85.7 Å². The Labute approximate surface area is 175 Å². The molecule has 2 aromatic heterocycles. The number of ether oxygens (including phenoxy) is 1. The van der Waals surface area contributed by atoms with Crippen molar-refractivity contribution in [2.24, 2.45) is 0 Å². The van der Waals surface area contributed by atoms with Gasteiger partial charge in [-0.05, 0) is 62.6 Å². The van der Waals surface area contributed by atoms with E-state index in [-0.39, 0.29) is 5.92 Å². The molecule has 2 aromatic carbocycles. The summed E-state index contributed by atoms with van der Waals surface area (Å²) >= 11 is 0. The van der Waals surface area contributed by atoms with Gasteiger partial charge in [0, 0.05) is 23.9 Å². The molecule has 30 heavy (non-hydrogen) atoms. The summed E-state index contributed by atoms with van der Waals surface area (Å²) in [6.45, 7) is 3.89. The number of anilines is 1. The monoisotopic (exact) mass is 400 g/mol. The van der Waals surface area contributed by atoms with E-state index in [9.17, 15) is 5.11 Å². The van der Waals surface area contributed by atoms with Crippen LogP contribution >= 0.6 is 0 Å². The molecular weight excluding hydrogens is 376 g/mol. The van der Waals surface area contributed by atoms with Crippen LogP contribution in [0.25, 0.3) is 16.8 Å². The molecule has 0 aliphatic heterocycles.